The van der Waals surface area contributed by atoms with E-state index in [0.717, 1.165) is 11.8 Å². The lowest BCUT2D eigenvalue weighted by atomic mass is 10.1. The molecule has 0 bridgehead atoms. The normalized spacial score (nSPS) is 15.5. The second kappa shape index (κ2) is 9.96. The van der Waals surface area contributed by atoms with Gasteiger partial charge in [-0.2, -0.15) is 0 Å². The summed E-state index contributed by atoms with van der Waals surface area (Å²) in [5.41, 5.74) is 1.30. The number of hydrogen-bond acceptors (Lipinski definition) is 7. The number of nitro groups is 1. The van der Waals surface area contributed by atoms with E-state index in [4.69, 9.17) is 4.42 Å². The molecule has 4 aromatic rings. The quantitative estimate of drug-likeness (QED) is 0.181. The summed E-state index contributed by atoms with van der Waals surface area (Å²) in [6.45, 7) is 0. The molecule has 182 valence electrons. The van der Waals surface area contributed by atoms with Crippen LogP contribution < -0.4 is 4.90 Å². The highest BCUT2D eigenvalue weighted by atomic mass is 32.2. The molecule has 0 saturated carbocycles. The van der Waals surface area contributed by atoms with E-state index in [9.17, 15) is 24.8 Å². The van der Waals surface area contributed by atoms with Crippen molar-refractivity contribution in [2.75, 3.05) is 4.90 Å². The van der Waals surface area contributed by atoms with Crippen molar-refractivity contribution in [2.24, 2.45) is 4.99 Å². The molecule has 1 amide bonds. The SMILES string of the molecule is O=C(O)c1cccc(N=C2S/C(=C/c3ccc(-c4ccccc4[N+](=O)[O-])o3)C(=O)N2c2ccccc2)c1. The molecule has 2 heterocycles. The molecule has 37 heavy (non-hydrogen) atoms. The second-order valence-electron chi connectivity index (χ2n) is 7.81. The molecule has 1 aliphatic rings. The number of amides is 1. The van der Waals surface area contributed by atoms with Gasteiger partial charge in [-0.05, 0) is 60.3 Å². The van der Waals surface area contributed by atoms with Gasteiger partial charge in [0, 0.05) is 12.1 Å². The summed E-state index contributed by atoms with van der Waals surface area (Å²) in [6.07, 6.45) is 1.55. The molecule has 1 aliphatic heterocycles. The Balaban J connectivity index is 1.53. The van der Waals surface area contributed by atoms with Crippen LogP contribution in [0.15, 0.2) is 105 Å². The third-order valence-electron chi connectivity index (χ3n) is 5.40. The molecule has 5 rings (SSSR count). The zero-order chi connectivity index (χ0) is 25.9. The van der Waals surface area contributed by atoms with Crippen molar-refractivity contribution in [2.45, 2.75) is 0 Å². The first-order valence-electron chi connectivity index (χ1n) is 11.0. The van der Waals surface area contributed by atoms with Gasteiger partial charge in [0.25, 0.3) is 11.6 Å². The number of carboxylic acid groups (broad SMARTS) is 1. The van der Waals surface area contributed by atoms with Crippen LogP contribution in [-0.2, 0) is 4.79 Å². The van der Waals surface area contributed by atoms with Crippen molar-refractivity contribution in [1.29, 1.82) is 0 Å². The minimum Gasteiger partial charge on any atom is -0.478 e. The number of para-hydroxylation sites is 2. The molecule has 1 saturated heterocycles. The molecule has 3 aromatic carbocycles. The van der Waals surface area contributed by atoms with Crippen molar-refractivity contribution >= 4 is 51.9 Å². The van der Waals surface area contributed by atoms with Gasteiger partial charge in [0.1, 0.15) is 11.5 Å². The van der Waals surface area contributed by atoms with Crippen LogP contribution >= 0.6 is 11.8 Å². The highest BCUT2D eigenvalue weighted by Gasteiger charge is 2.35. The number of amidine groups is 1. The summed E-state index contributed by atoms with van der Waals surface area (Å²) in [5, 5.41) is 21.0. The van der Waals surface area contributed by atoms with Crippen LogP contribution in [0.1, 0.15) is 16.1 Å². The lowest BCUT2D eigenvalue weighted by molar-refractivity contribution is -0.384. The zero-order valence-corrected chi connectivity index (χ0v) is 19.8. The van der Waals surface area contributed by atoms with Gasteiger partial charge in [-0.25, -0.2) is 9.79 Å². The fourth-order valence-electron chi connectivity index (χ4n) is 3.72. The third-order valence-corrected chi connectivity index (χ3v) is 6.37. The molecule has 0 aliphatic carbocycles. The number of thioether (sulfide) groups is 1. The number of aliphatic imine (C=N–C) groups is 1. The summed E-state index contributed by atoms with van der Waals surface area (Å²) in [7, 11) is 0. The minimum atomic E-state index is -1.08. The topological polar surface area (TPSA) is 126 Å². The van der Waals surface area contributed by atoms with Crippen LogP contribution in [-0.4, -0.2) is 27.1 Å². The number of carbonyl (C=O) groups excluding carboxylic acids is 1. The van der Waals surface area contributed by atoms with Gasteiger partial charge in [0.15, 0.2) is 5.17 Å². The molecule has 10 heteroatoms. The Bertz CT molecular complexity index is 1590. The van der Waals surface area contributed by atoms with Crippen LogP contribution in [0.4, 0.5) is 17.1 Å². The van der Waals surface area contributed by atoms with Crippen LogP contribution in [0.5, 0.6) is 0 Å². The number of aromatic carboxylic acids is 1. The lowest BCUT2D eigenvalue weighted by Crippen LogP contribution is -2.28. The monoisotopic (exact) mass is 511 g/mol. The van der Waals surface area contributed by atoms with E-state index in [-0.39, 0.29) is 17.2 Å². The summed E-state index contributed by atoms with van der Waals surface area (Å²) >= 11 is 1.11. The van der Waals surface area contributed by atoms with Crippen molar-refractivity contribution in [3.8, 4) is 11.3 Å². The number of anilines is 1. The molecule has 0 radical (unpaired) electrons. The predicted molar refractivity (Wildman–Crippen MR) is 141 cm³/mol. The Morgan fingerprint density at radius 3 is 2.51 bits per heavy atom. The largest absolute Gasteiger partial charge is 0.478 e. The smallest absolute Gasteiger partial charge is 0.335 e. The summed E-state index contributed by atoms with van der Waals surface area (Å²) in [5.74, 6) is -0.780. The third kappa shape index (κ3) is 4.91. The molecule has 0 unspecified atom stereocenters. The first-order valence-corrected chi connectivity index (χ1v) is 11.8. The zero-order valence-electron chi connectivity index (χ0n) is 19.0. The van der Waals surface area contributed by atoms with Crippen molar-refractivity contribution in [3.05, 3.63) is 117 Å². The van der Waals surface area contributed by atoms with Gasteiger partial charge < -0.3 is 9.52 Å². The number of furan rings is 1. The molecular formula is C27H17N3O6S. The average Bonchev–Trinajstić information content (AvgIpc) is 3.49. The molecular weight excluding hydrogens is 494 g/mol. The Hall–Kier alpha value is -4.96. The van der Waals surface area contributed by atoms with E-state index in [2.05, 4.69) is 4.99 Å². The van der Waals surface area contributed by atoms with E-state index in [1.165, 1.54) is 23.1 Å². The van der Waals surface area contributed by atoms with Crippen molar-refractivity contribution < 1.29 is 24.0 Å². The standard InChI is InChI=1S/C27H17N3O6S/c31-25-24(16-20-13-14-23(36-20)21-11-4-5-12-22(21)30(34)35)37-27(29(25)19-9-2-1-3-10-19)28-18-8-6-7-17(15-18)26(32)33/h1-16H,(H,32,33)/b24-16+,28-27?. The number of rotatable bonds is 6. The van der Waals surface area contributed by atoms with Gasteiger partial charge in [0.2, 0.25) is 0 Å². The first-order chi connectivity index (χ1) is 17.9. The summed E-state index contributed by atoms with van der Waals surface area (Å²) in [6, 6.07) is 24.6. The fraction of sp³-hybridized carbons (Fsp3) is 0. The highest BCUT2D eigenvalue weighted by molar-refractivity contribution is 8.19. The maximum absolute atomic E-state index is 13.4. The van der Waals surface area contributed by atoms with E-state index < -0.39 is 10.9 Å². The van der Waals surface area contributed by atoms with Gasteiger partial charge >= 0.3 is 5.97 Å². The number of nitrogens with zero attached hydrogens (tertiary/aromatic N) is 3. The summed E-state index contributed by atoms with van der Waals surface area (Å²) in [4.78, 5) is 42.0. The molecule has 9 nitrogen and oxygen atoms in total. The van der Waals surface area contributed by atoms with Gasteiger partial charge in [-0.3, -0.25) is 19.8 Å². The molecule has 0 atom stereocenters. The van der Waals surface area contributed by atoms with Crippen LogP contribution in [0.2, 0.25) is 0 Å². The van der Waals surface area contributed by atoms with E-state index in [1.54, 1.807) is 72.8 Å². The van der Waals surface area contributed by atoms with Crippen LogP contribution in [0, 0.1) is 10.1 Å². The van der Waals surface area contributed by atoms with Gasteiger partial charge in [0.05, 0.1) is 32.3 Å². The van der Waals surface area contributed by atoms with E-state index in [0.29, 0.717) is 38.5 Å². The van der Waals surface area contributed by atoms with Crippen LogP contribution in [0.3, 0.4) is 0 Å². The second-order valence-corrected chi connectivity index (χ2v) is 8.82. The van der Waals surface area contributed by atoms with Crippen molar-refractivity contribution in [1.82, 2.24) is 0 Å². The predicted octanol–water partition coefficient (Wildman–Crippen LogP) is 6.36. The summed E-state index contributed by atoms with van der Waals surface area (Å²) < 4.78 is 5.84. The first kappa shape index (κ1) is 23.8. The number of carbonyl (C=O) groups is 2. The Morgan fingerprint density at radius 1 is 1.00 bits per heavy atom. The molecule has 1 N–H and O–H groups in total. The Morgan fingerprint density at radius 2 is 1.76 bits per heavy atom. The van der Waals surface area contributed by atoms with Gasteiger partial charge in [-0.15, -0.1) is 0 Å². The number of hydrogen-bond donors (Lipinski definition) is 1. The van der Waals surface area contributed by atoms with Crippen LogP contribution in [0.25, 0.3) is 17.4 Å². The molecule has 1 aromatic heterocycles. The average molecular weight is 512 g/mol. The number of carboxylic acids is 1. The van der Waals surface area contributed by atoms with Gasteiger partial charge in [-0.1, -0.05) is 36.4 Å². The maximum atomic E-state index is 13.4. The Labute approximate surface area is 214 Å². The maximum Gasteiger partial charge on any atom is 0.335 e. The lowest BCUT2D eigenvalue weighted by Gasteiger charge is -2.15. The number of benzene rings is 3. The van der Waals surface area contributed by atoms with E-state index >= 15 is 0 Å². The van der Waals surface area contributed by atoms with E-state index in [1.807, 2.05) is 6.07 Å². The highest BCUT2D eigenvalue weighted by Crippen LogP contribution is 2.38. The minimum absolute atomic E-state index is 0.0799. The number of nitro benzene ring substituents is 1. The molecule has 1 fully saturated rings. The fourth-order valence-corrected chi connectivity index (χ4v) is 4.70. The molecule has 0 spiro atoms. The van der Waals surface area contributed by atoms with Crippen molar-refractivity contribution in [3.63, 3.8) is 0 Å². The Kier molecular flexibility index (Phi) is 6.40.